The van der Waals surface area contributed by atoms with E-state index in [0.717, 1.165) is 75.6 Å². The molecule has 0 amide bonds. The quantitative estimate of drug-likeness (QED) is 0.0358. The number of rotatable bonds is 18. The van der Waals surface area contributed by atoms with Crippen LogP contribution in [0.25, 0.3) is 10.9 Å². The summed E-state index contributed by atoms with van der Waals surface area (Å²) in [4.78, 5) is 31.3. The topological polar surface area (TPSA) is 269 Å². The number of phenolic OH excluding ortho intramolecular Hbond substituents is 3. The molecule has 127 heavy (non-hydrogen) atoms. The molecule has 0 saturated carbocycles. The Kier molecular flexibility index (Phi) is 31.2. The first-order chi connectivity index (χ1) is 61.3. The zero-order valence-corrected chi connectivity index (χ0v) is 77.8. The van der Waals surface area contributed by atoms with Crippen LogP contribution in [0.1, 0.15) is 79.6 Å². The Morgan fingerprint density at radius 1 is 0.323 bits per heavy atom. The van der Waals surface area contributed by atoms with E-state index in [0.29, 0.717) is 109 Å². The van der Waals surface area contributed by atoms with Gasteiger partial charge in [0.25, 0.3) is 0 Å². The van der Waals surface area contributed by atoms with Crippen LogP contribution in [0, 0.1) is 0 Å². The van der Waals surface area contributed by atoms with Gasteiger partial charge in [0.05, 0.1) is 33.8 Å². The summed E-state index contributed by atoms with van der Waals surface area (Å²) in [6.07, 6.45) is 17.3. The first-order valence-corrected chi connectivity index (χ1v) is 47.8. The molecule has 20 nitrogen and oxygen atoms in total. The lowest BCUT2D eigenvalue weighted by atomic mass is 10.00. The molecule has 5 aromatic heterocycles. The van der Waals surface area contributed by atoms with Gasteiger partial charge in [-0.2, -0.15) is 0 Å². The third-order valence-electron chi connectivity index (χ3n) is 21.9. The van der Waals surface area contributed by atoms with Crippen molar-refractivity contribution in [1.29, 1.82) is 0 Å². The van der Waals surface area contributed by atoms with Crippen LogP contribution in [0.2, 0.25) is 5.02 Å². The number of benzene rings is 8. The van der Waals surface area contributed by atoms with Crippen LogP contribution in [-0.2, 0) is 73.6 Å². The van der Waals surface area contributed by atoms with Crippen LogP contribution < -0.4 is 0 Å². The molecule has 650 valence electrons. The van der Waals surface area contributed by atoms with Gasteiger partial charge in [-0.05, 0) is 130 Å². The van der Waals surface area contributed by atoms with E-state index in [1.165, 1.54) is 70.3 Å². The first kappa shape index (κ1) is 93.6. The number of hydrogen-bond donors (Lipinski definition) is 10. The monoisotopic (exact) mass is 1910 g/mol. The molecule has 0 radical (unpaired) electrons. The van der Waals surface area contributed by atoms with Gasteiger partial charge in [0.15, 0.2) is 34.3 Å². The number of pyridine rings is 4. The van der Waals surface area contributed by atoms with E-state index < -0.39 is 34.3 Å². The van der Waals surface area contributed by atoms with Gasteiger partial charge < -0.3 is 80.3 Å². The number of thiocarbonyl (C=S) groups is 6. The standard InChI is InChI=1S/C18H16N2OS2.C16H16N2OS.C16H15NO2S2.C15H13ClN2O2S2.C15H14N2O2S2.C15H14N2OS2/c21-18(15-4-2-1-3-5-15)12-23-17(22)20(18)11-13-6-7-16-14(10-13)8-9-19-16;19-16(14-4-2-1-3-5-14)9-6-15(20)18(16)12-13-7-10-17-11-8-13;18-14-8-4-7-13(9-14)16(19)11-21-15(20)17(16)10-12-5-2-1-3-6-12;16-11-3-4-13(19)12(6-11)15(20)9-22-14(21)18(15)8-10-2-1-5-17-7-10;18-13-5-1-4-12(7-13)15(19)10-21-14(20)17(15)9-11-3-2-6-16-8-11;18-15(13-6-2-1-3-7-13)11-20-14(19)17(15)10-12-5-4-8-16-9-12/h1-10,19,21H,11-12H2;1-5,7-8,10-11,19H,6,9,12H2;1-9,18-19H,10-11H2;1-7,19-20H,8-9H2;1-8,18-19H,9-10H2;1-9,18H,10-11H2. The Labute approximate surface area is 795 Å². The second kappa shape index (κ2) is 42.3. The number of phenols is 3. The van der Waals surface area contributed by atoms with Gasteiger partial charge in [-0.3, -0.25) is 19.9 Å². The van der Waals surface area contributed by atoms with Gasteiger partial charge in [-0.1, -0.05) is 314 Å². The highest BCUT2D eigenvalue weighted by Crippen LogP contribution is 2.48. The molecule has 6 aliphatic rings. The summed E-state index contributed by atoms with van der Waals surface area (Å²) in [6.45, 7) is 3.18. The maximum atomic E-state index is 11.2. The second-order valence-electron chi connectivity index (χ2n) is 30.3. The van der Waals surface area contributed by atoms with Crippen molar-refractivity contribution in [3.63, 3.8) is 0 Å². The average Bonchev–Trinajstić information content (AvgIpc) is 1.66. The Morgan fingerprint density at radius 3 is 1.11 bits per heavy atom. The normalized spacial score (nSPS) is 21.8. The summed E-state index contributed by atoms with van der Waals surface area (Å²) in [7, 11) is 0. The summed E-state index contributed by atoms with van der Waals surface area (Å²) in [6, 6.07) is 80.8. The number of aliphatic hydroxyl groups is 6. The number of halogens is 1. The van der Waals surface area contributed by atoms with Crippen molar-refractivity contribution in [3.8, 4) is 17.2 Å². The Balaban J connectivity index is 0.000000124. The number of hydrogen-bond acceptors (Lipinski definition) is 24. The van der Waals surface area contributed by atoms with Crippen LogP contribution in [0.3, 0.4) is 0 Å². The smallest absolute Gasteiger partial charge is 0.179 e. The molecule has 13 aromatic rings. The van der Waals surface area contributed by atoms with Gasteiger partial charge in [0, 0.05) is 152 Å². The van der Waals surface area contributed by atoms with Gasteiger partial charge in [0.1, 0.15) is 38.9 Å². The van der Waals surface area contributed by atoms with E-state index in [4.69, 9.17) is 84.9 Å². The summed E-state index contributed by atoms with van der Waals surface area (Å²) >= 11 is 45.8. The van der Waals surface area contributed by atoms with Crippen LogP contribution in [0.5, 0.6) is 17.2 Å². The molecule has 19 rings (SSSR count). The maximum Gasteiger partial charge on any atom is 0.179 e. The predicted molar refractivity (Wildman–Crippen MR) is 534 cm³/mol. The third kappa shape index (κ3) is 22.1. The minimum Gasteiger partial charge on any atom is -0.508 e. The van der Waals surface area contributed by atoms with E-state index in [2.05, 4.69) is 49.2 Å². The number of fused-ring (bicyclic) bond motifs is 1. The lowest BCUT2D eigenvalue weighted by Crippen LogP contribution is -2.44. The van der Waals surface area contributed by atoms with Crippen LogP contribution >= 0.6 is 144 Å². The molecule has 0 spiro atoms. The van der Waals surface area contributed by atoms with E-state index in [1.807, 2.05) is 202 Å². The minimum atomic E-state index is -1.40. The van der Waals surface area contributed by atoms with Crippen LogP contribution in [0.4, 0.5) is 0 Å². The fourth-order valence-corrected chi connectivity index (χ4v) is 22.6. The number of aromatic amines is 1. The van der Waals surface area contributed by atoms with Gasteiger partial charge in [-0.25, -0.2) is 0 Å². The average molecular weight is 1920 g/mol. The molecule has 11 heterocycles. The number of nitrogens with zero attached hydrogens (tertiary/aromatic N) is 10. The predicted octanol–water partition coefficient (Wildman–Crippen LogP) is 18.1. The summed E-state index contributed by atoms with van der Waals surface area (Å²) in [5, 5.41) is 97.7. The summed E-state index contributed by atoms with van der Waals surface area (Å²) in [5.41, 5.74) is 4.79. The number of aromatic hydroxyl groups is 3. The molecule has 10 N–H and O–H groups in total. The van der Waals surface area contributed by atoms with E-state index in [9.17, 15) is 46.0 Å². The second-order valence-corrected chi connectivity index (χ2v) is 39.2. The summed E-state index contributed by atoms with van der Waals surface area (Å²) < 4.78 is 3.35. The van der Waals surface area contributed by atoms with Crippen molar-refractivity contribution >= 4 is 181 Å². The first-order valence-electron chi connectivity index (χ1n) is 40.0. The Hall–Kier alpha value is -9.56. The number of likely N-dealkylation sites (tertiary alicyclic amines) is 1. The fourth-order valence-electron chi connectivity index (χ4n) is 15.1. The number of aromatic nitrogens is 5. The molecule has 6 atom stereocenters. The van der Waals surface area contributed by atoms with E-state index in [-0.39, 0.29) is 17.2 Å². The van der Waals surface area contributed by atoms with Crippen molar-refractivity contribution in [2.24, 2.45) is 0 Å². The third-order valence-corrected chi connectivity index (χ3v) is 30.5. The van der Waals surface area contributed by atoms with Gasteiger partial charge in [-0.15, -0.1) is 0 Å². The molecule has 6 saturated heterocycles. The summed E-state index contributed by atoms with van der Waals surface area (Å²) in [5.74, 6) is 2.61. The molecular weight excluding hydrogens is 1830 g/mol. The van der Waals surface area contributed by atoms with Crippen LogP contribution in [-0.4, -0.2) is 156 Å². The molecule has 0 aliphatic carbocycles. The van der Waals surface area contributed by atoms with Crippen molar-refractivity contribution in [1.82, 2.24) is 54.3 Å². The number of nitrogens with one attached hydrogen (secondary N) is 1. The van der Waals surface area contributed by atoms with Gasteiger partial charge in [0.2, 0.25) is 0 Å². The van der Waals surface area contributed by atoms with Crippen LogP contribution in [0.15, 0.2) is 317 Å². The molecule has 6 unspecified atom stereocenters. The van der Waals surface area contributed by atoms with Crippen molar-refractivity contribution in [3.05, 3.63) is 388 Å². The highest BCUT2D eigenvalue weighted by molar-refractivity contribution is 8.24. The van der Waals surface area contributed by atoms with E-state index >= 15 is 0 Å². The number of thioether (sulfide) groups is 5. The maximum absolute atomic E-state index is 11.2. The highest BCUT2D eigenvalue weighted by atomic mass is 35.5. The van der Waals surface area contributed by atoms with Crippen molar-refractivity contribution < 1.29 is 46.0 Å². The molecule has 8 aromatic carbocycles. The SMILES string of the molecule is OC1(c2ccccc2)CCC(=S)N1Cc1ccncc1.OC1(c2ccccc2)CSC(=S)N1Cc1ccc2[nH]ccc2c1.OC1(c2ccccc2)CSC(=S)N1Cc1cccnc1.Oc1ccc(Cl)cc1C1(O)CSC(=S)N1Cc1cccnc1.Oc1cccc(C2(O)CSC(=S)N2Cc2ccccc2)c1.Oc1cccc(C2(O)CSC(=S)N2Cc2cccnc2)c1. The largest absolute Gasteiger partial charge is 0.508 e. The zero-order chi connectivity index (χ0) is 89.4. The molecule has 0 bridgehead atoms. The molecule has 6 fully saturated rings. The van der Waals surface area contributed by atoms with E-state index in [1.54, 1.807) is 114 Å². The minimum absolute atomic E-state index is 0.00612. The number of H-pyrrole nitrogens is 1. The lowest BCUT2D eigenvalue weighted by molar-refractivity contribution is -0.0678. The van der Waals surface area contributed by atoms with Crippen molar-refractivity contribution in [2.75, 3.05) is 28.8 Å². The zero-order valence-electron chi connectivity index (χ0n) is 68.1. The molecule has 6 aliphatic heterocycles. The Morgan fingerprint density at radius 2 is 0.685 bits per heavy atom. The molecular formula is C95H88ClN11O9S11. The lowest BCUT2D eigenvalue weighted by Gasteiger charge is -2.35. The van der Waals surface area contributed by atoms with Crippen molar-refractivity contribution in [2.45, 2.75) is 86.5 Å². The highest BCUT2D eigenvalue weighted by Gasteiger charge is 2.50. The Bertz CT molecular complexity index is 5760. The fraction of sp³-hybridized carbons (Fsp3) is 0.200. The molecule has 32 heteroatoms. The van der Waals surface area contributed by atoms with Gasteiger partial charge >= 0.3 is 0 Å².